The first kappa shape index (κ1) is 28.3. The maximum Gasteiger partial charge on any atom is 0.407 e. The number of carbonyl (C=O) groups is 3. The summed E-state index contributed by atoms with van der Waals surface area (Å²) in [5.41, 5.74) is -2.45. The number of hydrogen-bond acceptors (Lipinski definition) is 6. The third-order valence-corrected chi connectivity index (χ3v) is 8.32. The topological polar surface area (TPSA) is 119 Å². The summed E-state index contributed by atoms with van der Waals surface area (Å²) >= 11 is 0. The molecule has 224 valence electrons. The highest BCUT2D eigenvalue weighted by molar-refractivity contribution is 5.99. The van der Waals surface area contributed by atoms with Crippen molar-refractivity contribution in [2.24, 2.45) is 0 Å². The Bertz CT molecular complexity index is 1670. The third kappa shape index (κ3) is 4.98. The van der Waals surface area contributed by atoms with Crippen LogP contribution in [0.4, 0.5) is 18.0 Å². The first-order chi connectivity index (χ1) is 20.6. The Morgan fingerprint density at radius 2 is 1.86 bits per heavy atom. The summed E-state index contributed by atoms with van der Waals surface area (Å²) in [6.45, 7) is 1.36. The zero-order chi connectivity index (χ0) is 30.5. The van der Waals surface area contributed by atoms with E-state index in [0.717, 1.165) is 0 Å². The van der Waals surface area contributed by atoms with Crippen molar-refractivity contribution in [1.29, 1.82) is 0 Å². The highest BCUT2D eigenvalue weighted by Crippen LogP contribution is 2.43. The van der Waals surface area contributed by atoms with Gasteiger partial charge in [0.2, 0.25) is 5.43 Å². The standard InChI is InChI=1S/C30H27F3N4O6/c1-16-7-8-30(15-35-29(41)43-30)23-13-36(16)28(40)24-26(42-14-17-5-3-2-4-6-17)25(38)20(12-37(23)24)27(39)34-11-19-21(32)9-18(31)10-22(19)33/h2-6,9-10,12,16,23H,7-8,11,13-15H2,1H3,(H,34,39)(H,35,41)/t16-,23+,30+/m0/s1. The van der Waals surface area contributed by atoms with Gasteiger partial charge in [0.05, 0.1) is 12.6 Å². The van der Waals surface area contributed by atoms with E-state index in [2.05, 4.69) is 10.6 Å². The van der Waals surface area contributed by atoms with Crippen LogP contribution >= 0.6 is 0 Å². The van der Waals surface area contributed by atoms with E-state index in [0.29, 0.717) is 30.5 Å². The fourth-order valence-electron chi connectivity index (χ4n) is 5.97. The summed E-state index contributed by atoms with van der Waals surface area (Å²) in [6.07, 6.45) is 1.49. The van der Waals surface area contributed by atoms with Crippen molar-refractivity contribution in [3.05, 3.63) is 98.7 Å². The van der Waals surface area contributed by atoms with E-state index in [9.17, 15) is 32.3 Å². The Hall–Kier alpha value is -4.81. The van der Waals surface area contributed by atoms with Crippen LogP contribution in [-0.2, 0) is 17.9 Å². The van der Waals surface area contributed by atoms with E-state index in [4.69, 9.17) is 9.47 Å². The maximum atomic E-state index is 14.2. The van der Waals surface area contributed by atoms with Gasteiger partial charge in [0.15, 0.2) is 17.0 Å². The van der Waals surface area contributed by atoms with Gasteiger partial charge in [-0.05, 0) is 25.3 Å². The van der Waals surface area contributed by atoms with Crippen LogP contribution in [0.25, 0.3) is 0 Å². The van der Waals surface area contributed by atoms with Gasteiger partial charge >= 0.3 is 6.09 Å². The van der Waals surface area contributed by atoms with Gasteiger partial charge in [-0.2, -0.15) is 0 Å². The molecule has 1 aromatic heterocycles. The van der Waals surface area contributed by atoms with Gasteiger partial charge in [-0.1, -0.05) is 30.3 Å². The van der Waals surface area contributed by atoms with Crippen LogP contribution < -0.4 is 20.8 Å². The lowest BCUT2D eigenvalue weighted by Gasteiger charge is -2.42. The quantitative estimate of drug-likeness (QED) is 0.450. The third-order valence-electron chi connectivity index (χ3n) is 8.32. The van der Waals surface area contributed by atoms with Crippen LogP contribution in [0.3, 0.4) is 0 Å². The van der Waals surface area contributed by atoms with Gasteiger partial charge in [-0.15, -0.1) is 0 Å². The Morgan fingerprint density at radius 1 is 1.14 bits per heavy atom. The van der Waals surface area contributed by atoms with Crippen molar-refractivity contribution in [2.45, 2.75) is 50.6 Å². The molecule has 2 fully saturated rings. The molecule has 3 aliphatic heterocycles. The van der Waals surface area contributed by atoms with Gasteiger partial charge < -0.3 is 29.6 Å². The fourth-order valence-corrected chi connectivity index (χ4v) is 5.97. The van der Waals surface area contributed by atoms with Crippen LogP contribution in [0.15, 0.2) is 53.5 Å². The predicted molar refractivity (Wildman–Crippen MR) is 145 cm³/mol. The number of pyridine rings is 1. The van der Waals surface area contributed by atoms with E-state index in [1.807, 2.05) is 6.92 Å². The number of halogens is 3. The monoisotopic (exact) mass is 596 g/mol. The molecule has 13 heteroatoms. The number of fused-ring (bicyclic) bond motifs is 5. The van der Waals surface area contributed by atoms with Crippen molar-refractivity contribution >= 4 is 17.9 Å². The lowest BCUT2D eigenvalue weighted by atomic mass is 9.88. The number of ether oxygens (including phenoxy) is 2. The molecule has 2 aromatic carbocycles. The number of hydrogen-bond donors (Lipinski definition) is 2. The molecule has 4 heterocycles. The summed E-state index contributed by atoms with van der Waals surface area (Å²) < 4.78 is 55.1. The van der Waals surface area contributed by atoms with E-state index in [-0.39, 0.29) is 37.2 Å². The van der Waals surface area contributed by atoms with Crippen molar-refractivity contribution in [1.82, 2.24) is 20.1 Å². The van der Waals surface area contributed by atoms with Gasteiger partial charge in [0.25, 0.3) is 11.8 Å². The molecule has 0 radical (unpaired) electrons. The lowest BCUT2D eigenvalue weighted by Crippen LogP contribution is -2.53. The molecular weight excluding hydrogens is 569 g/mol. The zero-order valence-corrected chi connectivity index (χ0v) is 23.0. The number of aromatic nitrogens is 1. The van der Waals surface area contributed by atoms with Crippen LogP contribution in [-0.4, -0.2) is 52.1 Å². The van der Waals surface area contributed by atoms with Gasteiger partial charge in [0, 0.05) is 43.0 Å². The van der Waals surface area contributed by atoms with Crippen LogP contribution in [0.5, 0.6) is 5.75 Å². The Labute approximate surface area is 243 Å². The minimum Gasteiger partial charge on any atom is -0.483 e. The Morgan fingerprint density at radius 3 is 2.53 bits per heavy atom. The number of amides is 3. The molecule has 0 unspecified atom stereocenters. The first-order valence-electron chi connectivity index (χ1n) is 13.7. The highest BCUT2D eigenvalue weighted by Gasteiger charge is 2.54. The summed E-state index contributed by atoms with van der Waals surface area (Å²) in [5, 5.41) is 5.00. The summed E-state index contributed by atoms with van der Waals surface area (Å²) in [7, 11) is 0. The van der Waals surface area contributed by atoms with Crippen LogP contribution in [0.1, 0.15) is 57.8 Å². The van der Waals surface area contributed by atoms with Crippen LogP contribution in [0.2, 0.25) is 0 Å². The van der Waals surface area contributed by atoms with E-state index in [1.165, 1.54) is 10.8 Å². The Kier molecular flexibility index (Phi) is 7.10. The van der Waals surface area contributed by atoms with E-state index in [1.54, 1.807) is 35.2 Å². The molecule has 10 nitrogen and oxygen atoms in total. The SMILES string of the molecule is C[C@H]1CC[C@@]2(CNC(=O)O2)[C@H]2CN1C(=O)c1c(OCc3ccccc3)c(=O)c(C(=O)NCc3c(F)cc(F)cc3F)cn12. The molecule has 2 N–H and O–H groups in total. The molecule has 3 amide bonds. The molecule has 3 aromatic rings. The average molecular weight is 597 g/mol. The first-order valence-corrected chi connectivity index (χ1v) is 13.7. The van der Waals surface area contributed by atoms with Crippen molar-refractivity contribution in [2.75, 3.05) is 13.1 Å². The number of nitrogens with one attached hydrogen (secondary N) is 2. The minimum atomic E-state index is -1.21. The molecule has 2 bridgehead atoms. The molecule has 2 saturated heterocycles. The van der Waals surface area contributed by atoms with E-state index >= 15 is 0 Å². The molecular formula is C30H27F3N4O6. The predicted octanol–water partition coefficient (Wildman–Crippen LogP) is 3.43. The normalized spacial score (nSPS) is 22.5. The largest absolute Gasteiger partial charge is 0.483 e. The summed E-state index contributed by atoms with van der Waals surface area (Å²) in [5.74, 6) is -5.39. The van der Waals surface area contributed by atoms with Crippen LogP contribution in [0, 0.1) is 17.5 Å². The second kappa shape index (κ2) is 10.8. The minimum absolute atomic E-state index is 0.0968. The molecule has 0 saturated carbocycles. The number of nitrogens with zero attached hydrogens (tertiary/aromatic N) is 2. The molecule has 43 heavy (non-hydrogen) atoms. The number of carbonyl (C=O) groups excluding carboxylic acids is 3. The second-order valence-corrected chi connectivity index (χ2v) is 10.9. The lowest BCUT2D eigenvalue weighted by molar-refractivity contribution is -0.00214. The van der Waals surface area contributed by atoms with Gasteiger partial charge in [-0.3, -0.25) is 14.4 Å². The van der Waals surface area contributed by atoms with Crippen molar-refractivity contribution in [3.8, 4) is 5.75 Å². The molecule has 6 rings (SSSR count). The average Bonchev–Trinajstić information content (AvgIpc) is 3.30. The number of benzene rings is 2. The highest BCUT2D eigenvalue weighted by atomic mass is 19.1. The van der Waals surface area contributed by atoms with E-state index < -0.39 is 70.1 Å². The molecule has 0 aliphatic carbocycles. The van der Waals surface area contributed by atoms with Gasteiger partial charge in [0.1, 0.15) is 29.6 Å². The summed E-state index contributed by atoms with van der Waals surface area (Å²) in [6, 6.07) is 8.90. The second-order valence-electron chi connectivity index (χ2n) is 10.9. The number of rotatable bonds is 6. The maximum absolute atomic E-state index is 14.2. The summed E-state index contributed by atoms with van der Waals surface area (Å²) in [4.78, 5) is 55.0. The van der Waals surface area contributed by atoms with Crippen molar-refractivity contribution in [3.63, 3.8) is 0 Å². The zero-order valence-electron chi connectivity index (χ0n) is 23.0. The smallest absolute Gasteiger partial charge is 0.407 e. The molecule has 3 atom stereocenters. The van der Waals surface area contributed by atoms with Gasteiger partial charge in [-0.25, -0.2) is 18.0 Å². The Balaban J connectivity index is 1.46. The molecule has 3 aliphatic rings. The fraction of sp³-hybridized carbons (Fsp3) is 0.333. The van der Waals surface area contributed by atoms with Crippen molar-refractivity contribution < 1.29 is 37.0 Å². The molecule has 1 spiro atoms. The number of alkyl carbamates (subject to hydrolysis) is 1.